The Kier molecular flexibility index (Phi) is 4.47. The van der Waals surface area contributed by atoms with Gasteiger partial charge in [0.15, 0.2) is 0 Å². The Morgan fingerprint density at radius 3 is 2.50 bits per heavy atom. The molecular formula is C15H23N3O2. The predicted octanol–water partition coefficient (Wildman–Crippen LogP) is 3.58. The molecular weight excluding hydrogens is 254 g/mol. The molecule has 0 aliphatic heterocycles. The summed E-state index contributed by atoms with van der Waals surface area (Å²) in [6.45, 7) is 2.25. The highest BCUT2D eigenvalue weighted by atomic mass is 16.6. The highest BCUT2D eigenvalue weighted by Crippen LogP contribution is 2.34. The first-order valence-corrected chi connectivity index (χ1v) is 7.29. The monoisotopic (exact) mass is 277 g/mol. The van der Waals surface area contributed by atoms with Crippen molar-refractivity contribution in [3.8, 4) is 0 Å². The lowest BCUT2D eigenvalue weighted by Gasteiger charge is -2.36. The van der Waals surface area contributed by atoms with E-state index in [0.717, 1.165) is 11.6 Å². The molecule has 1 aromatic rings. The number of hydrogen-bond donors (Lipinski definition) is 1. The summed E-state index contributed by atoms with van der Waals surface area (Å²) in [5, 5.41) is 10.7. The fourth-order valence-corrected chi connectivity index (χ4v) is 3.11. The number of nitrogens with zero attached hydrogens (tertiary/aromatic N) is 2. The Morgan fingerprint density at radius 1 is 1.35 bits per heavy atom. The molecule has 0 radical (unpaired) electrons. The van der Waals surface area contributed by atoms with E-state index in [2.05, 4.69) is 11.8 Å². The quantitative estimate of drug-likeness (QED) is 0.518. The lowest BCUT2D eigenvalue weighted by Crippen LogP contribution is -2.35. The number of nitro benzene ring substituents is 1. The minimum Gasteiger partial charge on any atom is -0.397 e. The third-order valence-electron chi connectivity index (χ3n) is 4.54. The van der Waals surface area contributed by atoms with Gasteiger partial charge >= 0.3 is 0 Å². The van der Waals surface area contributed by atoms with Crippen LogP contribution < -0.4 is 10.6 Å². The largest absolute Gasteiger partial charge is 0.397 e. The first kappa shape index (κ1) is 14.6. The molecule has 1 aliphatic rings. The van der Waals surface area contributed by atoms with Crippen LogP contribution in [0.15, 0.2) is 18.2 Å². The van der Waals surface area contributed by atoms with Crippen molar-refractivity contribution in [1.82, 2.24) is 0 Å². The zero-order valence-corrected chi connectivity index (χ0v) is 12.2. The molecule has 0 amide bonds. The van der Waals surface area contributed by atoms with Gasteiger partial charge in [-0.1, -0.05) is 13.3 Å². The molecule has 20 heavy (non-hydrogen) atoms. The molecule has 0 aromatic heterocycles. The van der Waals surface area contributed by atoms with Gasteiger partial charge in [0.2, 0.25) is 0 Å². The number of benzene rings is 1. The minimum atomic E-state index is -0.410. The van der Waals surface area contributed by atoms with Gasteiger partial charge in [-0.25, -0.2) is 0 Å². The summed E-state index contributed by atoms with van der Waals surface area (Å²) in [7, 11) is 2.04. The van der Waals surface area contributed by atoms with E-state index in [1.165, 1.54) is 44.2 Å². The van der Waals surface area contributed by atoms with E-state index in [-0.39, 0.29) is 5.69 Å². The Hall–Kier alpha value is -1.78. The van der Waals surface area contributed by atoms with Crippen LogP contribution in [-0.2, 0) is 0 Å². The molecule has 1 fully saturated rings. The number of hydrogen-bond acceptors (Lipinski definition) is 4. The third kappa shape index (κ3) is 3.03. The summed E-state index contributed by atoms with van der Waals surface area (Å²) >= 11 is 0. The predicted molar refractivity (Wildman–Crippen MR) is 81.9 cm³/mol. The fraction of sp³-hybridized carbons (Fsp3) is 0.600. The second-order valence-electron chi connectivity index (χ2n) is 5.69. The molecule has 1 aliphatic carbocycles. The standard InChI is InChI=1S/C15H23N3O2/c1-3-11-4-6-12(7-5-11)17(2)15-9-8-13(18(19)20)10-14(15)16/h8-12H,3-7,16H2,1-2H3. The smallest absolute Gasteiger partial charge is 0.271 e. The van der Waals surface area contributed by atoms with Crippen LogP contribution in [0.5, 0.6) is 0 Å². The molecule has 5 heteroatoms. The second-order valence-corrected chi connectivity index (χ2v) is 5.69. The van der Waals surface area contributed by atoms with E-state index in [1.54, 1.807) is 6.07 Å². The topological polar surface area (TPSA) is 72.4 Å². The Bertz CT molecular complexity index is 482. The van der Waals surface area contributed by atoms with Crippen molar-refractivity contribution < 1.29 is 4.92 Å². The van der Waals surface area contributed by atoms with Crippen LogP contribution in [0, 0.1) is 16.0 Å². The van der Waals surface area contributed by atoms with E-state index in [4.69, 9.17) is 5.73 Å². The van der Waals surface area contributed by atoms with Crippen molar-refractivity contribution in [2.75, 3.05) is 17.7 Å². The van der Waals surface area contributed by atoms with Crippen molar-refractivity contribution in [1.29, 1.82) is 0 Å². The second kappa shape index (κ2) is 6.11. The first-order valence-electron chi connectivity index (χ1n) is 7.29. The molecule has 0 atom stereocenters. The number of nitrogens with two attached hydrogens (primary N) is 1. The van der Waals surface area contributed by atoms with E-state index in [1.807, 2.05) is 7.05 Å². The number of rotatable bonds is 4. The number of non-ortho nitro benzene ring substituents is 1. The zero-order valence-electron chi connectivity index (χ0n) is 12.2. The molecule has 110 valence electrons. The van der Waals surface area contributed by atoms with Gasteiger partial charge < -0.3 is 10.6 Å². The lowest BCUT2D eigenvalue weighted by molar-refractivity contribution is -0.384. The van der Waals surface area contributed by atoms with Crippen molar-refractivity contribution >= 4 is 17.1 Å². The number of nitrogen functional groups attached to an aromatic ring is 1. The van der Waals surface area contributed by atoms with Crippen LogP contribution in [0.25, 0.3) is 0 Å². The summed E-state index contributed by atoms with van der Waals surface area (Å²) in [6.07, 6.45) is 6.13. The maximum Gasteiger partial charge on any atom is 0.271 e. The molecule has 5 nitrogen and oxygen atoms in total. The first-order chi connectivity index (χ1) is 9.52. The van der Waals surface area contributed by atoms with Gasteiger partial charge in [-0.2, -0.15) is 0 Å². The third-order valence-corrected chi connectivity index (χ3v) is 4.54. The van der Waals surface area contributed by atoms with Crippen LogP contribution >= 0.6 is 0 Å². The molecule has 0 heterocycles. The average Bonchev–Trinajstić information content (AvgIpc) is 2.46. The van der Waals surface area contributed by atoms with Gasteiger partial charge in [0.25, 0.3) is 5.69 Å². The summed E-state index contributed by atoms with van der Waals surface area (Å²) in [6, 6.07) is 5.23. The molecule has 2 N–H and O–H groups in total. The number of anilines is 2. The maximum absolute atomic E-state index is 10.7. The van der Waals surface area contributed by atoms with Crippen LogP contribution in [0.3, 0.4) is 0 Å². The van der Waals surface area contributed by atoms with Gasteiger partial charge in [-0.3, -0.25) is 10.1 Å². The highest BCUT2D eigenvalue weighted by Gasteiger charge is 2.24. The van der Waals surface area contributed by atoms with Crippen LogP contribution in [0.1, 0.15) is 39.0 Å². The van der Waals surface area contributed by atoms with Crippen molar-refractivity contribution in [3.05, 3.63) is 28.3 Å². The van der Waals surface area contributed by atoms with Gasteiger partial charge in [0, 0.05) is 25.2 Å². The van der Waals surface area contributed by atoms with E-state index in [0.29, 0.717) is 11.7 Å². The minimum absolute atomic E-state index is 0.0503. The van der Waals surface area contributed by atoms with Gasteiger partial charge in [-0.05, 0) is 37.7 Å². The zero-order chi connectivity index (χ0) is 14.7. The van der Waals surface area contributed by atoms with Gasteiger partial charge in [-0.15, -0.1) is 0 Å². The van der Waals surface area contributed by atoms with Crippen LogP contribution in [0.2, 0.25) is 0 Å². The average molecular weight is 277 g/mol. The van der Waals surface area contributed by atoms with Crippen molar-refractivity contribution in [3.63, 3.8) is 0 Å². The van der Waals surface area contributed by atoms with Crippen LogP contribution in [0.4, 0.5) is 17.1 Å². The highest BCUT2D eigenvalue weighted by molar-refractivity contribution is 5.70. The van der Waals surface area contributed by atoms with Crippen LogP contribution in [-0.4, -0.2) is 18.0 Å². The maximum atomic E-state index is 10.7. The Morgan fingerprint density at radius 2 is 2.00 bits per heavy atom. The van der Waals surface area contributed by atoms with Crippen molar-refractivity contribution in [2.24, 2.45) is 5.92 Å². The molecule has 0 spiro atoms. The Labute approximate surface area is 119 Å². The van der Waals surface area contributed by atoms with E-state index < -0.39 is 4.92 Å². The van der Waals surface area contributed by atoms with Crippen molar-refractivity contribution in [2.45, 2.75) is 45.1 Å². The van der Waals surface area contributed by atoms with E-state index in [9.17, 15) is 10.1 Å². The molecule has 0 unspecified atom stereocenters. The lowest BCUT2D eigenvalue weighted by atomic mass is 9.84. The van der Waals surface area contributed by atoms with Gasteiger partial charge in [0.1, 0.15) is 0 Å². The normalized spacial score (nSPS) is 22.5. The molecule has 2 rings (SSSR count). The van der Waals surface area contributed by atoms with E-state index >= 15 is 0 Å². The molecule has 0 saturated heterocycles. The molecule has 1 saturated carbocycles. The summed E-state index contributed by atoms with van der Waals surface area (Å²) in [5.41, 5.74) is 7.41. The molecule has 1 aromatic carbocycles. The number of nitro groups is 1. The summed E-state index contributed by atoms with van der Waals surface area (Å²) in [5.74, 6) is 0.855. The molecule has 0 bridgehead atoms. The summed E-state index contributed by atoms with van der Waals surface area (Å²) < 4.78 is 0. The SMILES string of the molecule is CCC1CCC(N(C)c2ccc([N+](=O)[O-])cc2N)CC1. The summed E-state index contributed by atoms with van der Waals surface area (Å²) in [4.78, 5) is 12.5. The van der Waals surface area contributed by atoms with Gasteiger partial charge in [0.05, 0.1) is 16.3 Å². The Balaban J connectivity index is 2.09. The fourth-order valence-electron chi connectivity index (χ4n) is 3.11.